The number of nitrogens with zero attached hydrogens (tertiary/aromatic N) is 2. The van der Waals surface area contributed by atoms with Crippen molar-refractivity contribution in [1.82, 2.24) is 9.97 Å². The van der Waals surface area contributed by atoms with Crippen LogP contribution in [0.25, 0.3) is 11.4 Å². The first kappa shape index (κ1) is 19.6. The van der Waals surface area contributed by atoms with Gasteiger partial charge < -0.3 is 10.6 Å². The first-order chi connectivity index (χ1) is 14.6. The monoisotopic (exact) mass is 414 g/mol. The normalized spacial score (nSPS) is 10.5. The second-order valence-electron chi connectivity index (χ2n) is 6.80. The van der Waals surface area contributed by atoms with Gasteiger partial charge in [0.15, 0.2) is 5.82 Å². The lowest BCUT2D eigenvalue weighted by molar-refractivity contribution is 0.102. The minimum Gasteiger partial charge on any atom is -0.340 e. The average Bonchev–Trinajstić information content (AvgIpc) is 2.76. The van der Waals surface area contributed by atoms with Crippen LogP contribution < -0.4 is 10.6 Å². The molecule has 30 heavy (non-hydrogen) atoms. The van der Waals surface area contributed by atoms with Gasteiger partial charge in [-0.2, -0.15) is 0 Å². The van der Waals surface area contributed by atoms with Gasteiger partial charge in [0.1, 0.15) is 5.82 Å². The molecular formula is C24H19ClN4O. The molecule has 0 saturated heterocycles. The van der Waals surface area contributed by atoms with E-state index in [0.717, 1.165) is 11.3 Å². The van der Waals surface area contributed by atoms with E-state index in [2.05, 4.69) is 20.6 Å². The molecule has 0 aliphatic carbocycles. The Bertz CT molecular complexity index is 1170. The third kappa shape index (κ3) is 4.82. The van der Waals surface area contributed by atoms with Crippen LogP contribution in [0.5, 0.6) is 0 Å². The summed E-state index contributed by atoms with van der Waals surface area (Å²) in [4.78, 5) is 21.5. The molecular weight excluding hydrogens is 396 g/mol. The summed E-state index contributed by atoms with van der Waals surface area (Å²) >= 11 is 5.89. The Balaban J connectivity index is 1.50. The zero-order chi connectivity index (χ0) is 20.9. The van der Waals surface area contributed by atoms with Crippen molar-refractivity contribution in [3.8, 4) is 11.4 Å². The molecule has 0 bridgehead atoms. The van der Waals surface area contributed by atoms with E-state index in [1.165, 1.54) is 5.56 Å². The number of aromatic nitrogens is 2. The number of nitrogens with one attached hydrogen (secondary N) is 2. The number of hydrogen-bond acceptors (Lipinski definition) is 4. The highest BCUT2D eigenvalue weighted by Crippen LogP contribution is 2.21. The first-order valence-electron chi connectivity index (χ1n) is 9.41. The third-order valence-corrected chi connectivity index (χ3v) is 4.72. The minimum atomic E-state index is -0.205. The predicted octanol–water partition coefficient (Wildman–Crippen LogP) is 6.10. The minimum absolute atomic E-state index is 0.205. The predicted molar refractivity (Wildman–Crippen MR) is 121 cm³/mol. The van der Waals surface area contributed by atoms with Crippen molar-refractivity contribution in [2.45, 2.75) is 6.92 Å². The summed E-state index contributed by atoms with van der Waals surface area (Å²) in [7, 11) is 0. The summed E-state index contributed by atoms with van der Waals surface area (Å²) in [5.41, 5.74) is 4.10. The van der Waals surface area contributed by atoms with Crippen molar-refractivity contribution in [3.05, 3.63) is 101 Å². The number of carbonyl (C=O) groups excluding carboxylic acids is 1. The fourth-order valence-electron chi connectivity index (χ4n) is 2.89. The summed E-state index contributed by atoms with van der Waals surface area (Å²) in [6, 6.07) is 24.1. The molecule has 0 saturated carbocycles. The van der Waals surface area contributed by atoms with E-state index in [9.17, 15) is 4.79 Å². The average molecular weight is 415 g/mol. The highest BCUT2D eigenvalue weighted by molar-refractivity contribution is 6.30. The van der Waals surface area contributed by atoms with Crippen molar-refractivity contribution in [2.24, 2.45) is 0 Å². The Hall–Kier alpha value is -3.70. The lowest BCUT2D eigenvalue weighted by Crippen LogP contribution is -2.12. The number of carbonyl (C=O) groups is 1. The molecule has 1 heterocycles. The molecule has 0 fully saturated rings. The summed E-state index contributed by atoms with van der Waals surface area (Å²) in [5.74, 6) is 1.08. The van der Waals surface area contributed by atoms with Gasteiger partial charge in [-0.05, 0) is 55.5 Å². The molecule has 3 aromatic carbocycles. The Labute approximate surface area is 179 Å². The van der Waals surface area contributed by atoms with Crippen LogP contribution in [-0.2, 0) is 0 Å². The maximum atomic E-state index is 12.6. The Morgan fingerprint density at radius 2 is 1.67 bits per heavy atom. The van der Waals surface area contributed by atoms with Crippen molar-refractivity contribution >= 4 is 34.7 Å². The van der Waals surface area contributed by atoms with Crippen molar-refractivity contribution in [2.75, 3.05) is 10.6 Å². The lowest BCUT2D eigenvalue weighted by Gasteiger charge is -2.10. The van der Waals surface area contributed by atoms with Gasteiger partial charge in [0.25, 0.3) is 5.91 Å². The SMILES string of the molecule is Cc1ccc(-c2nccc(Nc3cccc(C(=O)Nc4ccc(Cl)cc4)c3)n2)cc1. The van der Waals surface area contributed by atoms with Gasteiger partial charge in [-0.25, -0.2) is 9.97 Å². The fraction of sp³-hybridized carbons (Fsp3) is 0.0417. The smallest absolute Gasteiger partial charge is 0.255 e. The molecule has 0 spiro atoms. The van der Waals surface area contributed by atoms with E-state index >= 15 is 0 Å². The summed E-state index contributed by atoms with van der Waals surface area (Å²) in [6.45, 7) is 2.04. The van der Waals surface area contributed by atoms with E-state index in [1.807, 2.05) is 43.3 Å². The largest absolute Gasteiger partial charge is 0.340 e. The molecule has 1 aromatic heterocycles. The Morgan fingerprint density at radius 1 is 0.900 bits per heavy atom. The molecule has 0 radical (unpaired) electrons. The summed E-state index contributed by atoms with van der Waals surface area (Å²) < 4.78 is 0. The zero-order valence-electron chi connectivity index (χ0n) is 16.3. The molecule has 2 N–H and O–H groups in total. The number of rotatable bonds is 5. The molecule has 4 aromatic rings. The van der Waals surface area contributed by atoms with Crippen LogP contribution in [0, 0.1) is 6.92 Å². The first-order valence-corrected chi connectivity index (χ1v) is 9.79. The lowest BCUT2D eigenvalue weighted by atomic mass is 10.1. The molecule has 0 aliphatic rings. The van der Waals surface area contributed by atoms with E-state index in [0.29, 0.717) is 27.9 Å². The number of anilines is 3. The van der Waals surface area contributed by atoms with E-state index in [-0.39, 0.29) is 5.91 Å². The van der Waals surface area contributed by atoms with Gasteiger partial charge in [-0.15, -0.1) is 0 Å². The molecule has 148 valence electrons. The van der Waals surface area contributed by atoms with Crippen LogP contribution in [0.2, 0.25) is 5.02 Å². The van der Waals surface area contributed by atoms with E-state index < -0.39 is 0 Å². The van der Waals surface area contributed by atoms with Gasteiger partial charge >= 0.3 is 0 Å². The van der Waals surface area contributed by atoms with E-state index in [4.69, 9.17) is 11.6 Å². The van der Waals surface area contributed by atoms with Gasteiger partial charge in [-0.3, -0.25) is 4.79 Å². The molecule has 1 amide bonds. The quantitative estimate of drug-likeness (QED) is 0.414. The van der Waals surface area contributed by atoms with Gasteiger partial charge in [0, 0.05) is 33.7 Å². The summed E-state index contributed by atoms with van der Waals surface area (Å²) in [5, 5.41) is 6.72. The third-order valence-electron chi connectivity index (χ3n) is 4.46. The number of amides is 1. The fourth-order valence-corrected chi connectivity index (χ4v) is 3.02. The summed E-state index contributed by atoms with van der Waals surface area (Å²) in [6.07, 6.45) is 1.71. The standard InChI is InChI=1S/C24H19ClN4O/c1-16-5-7-17(8-6-16)23-26-14-13-22(29-23)27-21-4-2-3-18(15-21)24(30)28-20-11-9-19(25)10-12-20/h2-15H,1H3,(H,28,30)(H,26,27,29). The van der Waals surface area contributed by atoms with Crippen LogP contribution in [0.15, 0.2) is 85.1 Å². The molecule has 4 rings (SSSR count). The zero-order valence-corrected chi connectivity index (χ0v) is 17.0. The second kappa shape index (κ2) is 8.76. The van der Waals surface area contributed by atoms with Crippen LogP contribution in [0.3, 0.4) is 0 Å². The van der Waals surface area contributed by atoms with Crippen molar-refractivity contribution < 1.29 is 4.79 Å². The molecule has 6 heteroatoms. The van der Waals surface area contributed by atoms with Gasteiger partial charge in [0.05, 0.1) is 0 Å². The number of hydrogen-bond donors (Lipinski definition) is 2. The molecule has 0 unspecified atom stereocenters. The molecule has 0 aliphatic heterocycles. The maximum Gasteiger partial charge on any atom is 0.255 e. The number of halogens is 1. The van der Waals surface area contributed by atoms with Gasteiger partial charge in [0.2, 0.25) is 0 Å². The van der Waals surface area contributed by atoms with Crippen LogP contribution >= 0.6 is 11.6 Å². The van der Waals surface area contributed by atoms with Crippen LogP contribution in [-0.4, -0.2) is 15.9 Å². The van der Waals surface area contributed by atoms with Crippen LogP contribution in [0.4, 0.5) is 17.2 Å². The molecule has 0 atom stereocenters. The van der Waals surface area contributed by atoms with Crippen LogP contribution in [0.1, 0.15) is 15.9 Å². The van der Waals surface area contributed by atoms with Crippen molar-refractivity contribution in [1.29, 1.82) is 0 Å². The Morgan fingerprint density at radius 3 is 2.43 bits per heavy atom. The highest BCUT2D eigenvalue weighted by atomic mass is 35.5. The topological polar surface area (TPSA) is 66.9 Å². The maximum absolute atomic E-state index is 12.6. The number of benzene rings is 3. The number of aryl methyl sites for hydroxylation is 1. The van der Waals surface area contributed by atoms with Gasteiger partial charge in [-0.1, -0.05) is 47.5 Å². The van der Waals surface area contributed by atoms with Crippen molar-refractivity contribution in [3.63, 3.8) is 0 Å². The highest BCUT2D eigenvalue weighted by Gasteiger charge is 2.08. The Kier molecular flexibility index (Phi) is 5.72. The second-order valence-corrected chi connectivity index (χ2v) is 7.23. The molecule has 5 nitrogen and oxygen atoms in total. The van der Waals surface area contributed by atoms with E-state index in [1.54, 1.807) is 48.7 Å².